The SMILES string of the molecule is CCOC(=O)c1cnc2c(C)cc(F)cc2c1N1CCCN(C(=O)C(C)(C)C)CC1. The van der Waals surface area contributed by atoms with Crippen LogP contribution in [0.25, 0.3) is 10.9 Å². The Bertz CT molecular complexity index is 968. The van der Waals surface area contributed by atoms with Gasteiger partial charge in [0.1, 0.15) is 11.4 Å². The molecule has 1 fully saturated rings. The van der Waals surface area contributed by atoms with E-state index in [2.05, 4.69) is 9.88 Å². The fourth-order valence-corrected chi connectivity index (χ4v) is 3.94. The summed E-state index contributed by atoms with van der Waals surface area (Å²) in [4.78, 5) is 33.8. The number of benzene rings is 1. The predicted octanol–water partition coefficient (Wildman–Crippen LogP) is 3.94. The van der Waals surface area contributed by atoms with Crippen LogP contribution in [-0.4, -0.2) is 54.5 Å². The van der Waals surface area contributed by atoms with E-state index in [1.54, 1.807) is 13.8 Å². The van der Waals surface area contributed by atoms with E-state index in [-0.39, 0.29) is 18.3 Å². The molecule has 2 heterocycles. The number of halogens is 1. The van der Waals surface area contributed by atoms with Gasteiger partial charge < -0.3 is 14.5 Å². The van der Waals surface area contributed by atoms with E-state index in [1.165, 1.54) is 18.3 Å². The lowest BCUT2D eigenvalue weighted by Crippen LogP contribution is -2.41. The molecule has 0 unspecified atom stereocenters. The van der Waals surface area contributed by atoms with Gasteiger partial charge in [0.2, 0.25) is 5.91 Å². The quantitative estimate of drug-likeness (QED) is 0.711. The third kappa shape index (κ3) is 4.40. The summed E-state index contributed by atoms with van der Waals surface area (Å²) >= 11 is 0. The maximum Gasteiger partial charge on any atom is 0.341 e. The molecule has 2 aromatic rings. The topological polar surface area (TPSA) is 62.7 Å². The van der Waals surface area contributed by atoms with E-state index in [0.29, 0.717) is 53.9 Å². The number of rotatable bonds is 3. The van der Waals surface area contributed by atoms with E-state index in [1.807, 2.05) is 25.7 Å². The Morgan fingerprint density at radius 1 is 1.17 bits per heavy atom. The number of anilines is 1. The average Bonchev–Trinajstić information content (AvgIpc) is 2.91. The van der Waals surface area contributed by atoms with Crippen LogP contribution in [0.4, 0.5) is 10.1 Å². The highest BCUT2D eigenvalue weighted by Crippen LogP contribution is 2.33. The zero-order valence-electron chi connectivity index (χ0n) is 18.4. The molecule has 30 heavy (non-hydrogen) atoms. The normalized spacial score (nSPS) is 15.3. The van der Waals surface area contributed by atoms with Crippen molar-refractivity contribution in [1.82, 2.24) is 9.88 Å². The first-order valence-electron chi connectivity index (χ1n) is 10.4. The van der Waals surface area contributed by atoms with Crippen LogP contribution in [-0.2, 0) is 9.53 Å². The molecule has 0 saturated carbocycles. The number of fused-ring (bicyclic) bond motifs is 1. The highest BCUT2D eigenvalue weighted by molar-refractivity contribution is 6.06. The minimum absolute atomic E-state index is 0.108. The van der Waals surface area contributed by atoms with Crippen molar-refractivity contribution in [3.05, 3.63) is 35.3 Å². The van der Waals surface area contributed by atoms with Crippen LogP contribution in [0.1, 0.15) is 50.0 Å². The number of esters is 1. The Hall–Kier alpha value is -2.70. The summed E-state index contributed by atoms with van der Waals surface area (Å²) in [6.45, 7) is 11.9. The maximum atomic E-state index is 14.3. The Labute approximate surface area is 177 Å². The summed E-state index contributed by atoms with van der Waals surface area (Å²) in [5.74, 6) is -0.740. The number of aromatic nitrogens is 1. The molecular formula is C23H30FN3O3. The molecule has 0 spiro atoms. The molecule has 0 bridgehead atoms. The maximum absolute atomic E-state index is 14.3. The monoisotopic (exact) mass is 415 g/mol. The molecule has 0 aliphatic carbocycles. The van der Waals surface area contributed by atoms with E-state index in [4.69, 9.17) is 4.74 Å². The first-order valence-corrected chi connectivity index (χ1v) is 10.4. The molecule has 162 valence electrons. The zero-order chi connectivity index (χ0) is 22.1. The Kier molecular flexibility index (Phi) is 6.29. The van der Waals surface area contributed by atoms with Crippen molar-refractivity contribution in [2.45, 2.75) is 41.0 Å². The van der Waals surface area contributed by atoms with Crippen molar-refractivity contribution in [1.29, 1.82) is 0 Å². The van der Waals surface area contributed by atoms with Gasteiger partial charge in [-0.1, -0.05) is 20.8 Å². The number of carbonyl (C=O) groups is 2. The lowest BCUT2D eigenvalue weighted by Gasteiger charge is -2.29. The molecule has 7 heteroatoms. The Morgan fingerprint density at radius 2 is 1.90 bits per heavy atom. The minimum atomic E-state index is -0.476. The molecule has 0 N–H and O–H groups in total. The number of amides is 1. The van der Waals surface area contributed by atoms with Gasteiger partial charge in [-0.15, -0.1) is 0 Å². The molecule has 1 aromatic heterocycles. The zero-order valence-corrected chi connectivity index (χ0v) is 18.4. The van der Waals surface area contributed by atoms with Crippen LogP contribution in [0.2, 0.25) is 0 Å². The van der Waals surface area contributed by atoms with Gasteiger partial charge in [0.15, 0.2) is 0 Å². The fraction of sp³-hybridized carbons (Fsp3) is 0.522. The summed E-state index contributed by atoms with van der Waals surface area (Å²) in [5.41, 5.74) is 1.87. The molecule has 0 radical (unpaired) electrons. The summed E-state index contributed by atoms with van der Waals surface area (Å²) in [7, 11) is 0. The number of ether oxygens (including phenoxy) is 1. The molecule has 1 aliphatic rings. The van der Waals surface area contributed by atoms with Crippen molar-refractivity contribution in [3.8, 4) is 0 Å². The standard InChI is InChI=1S/C23H30FN3O3/c1-6-30-21(28)18-14-25-19-15(2)12-16(24)13-17(19)20(18)26-8-7-9-27(11-10-26)22(29)23(3,4)5/h12-14H,6-11H2,1-5H3. The molecule has 1 amide bonds. The molecule has 0 atom stereocenters. The van der Waals surface area contributed by atoms with E-state index in [0.717, 1.165) is 6.42 Å². The molecule has 1 saturated heterocycles. The van der Waals surface area contributed by atoms with E-state index < -0.39 is 11.4 Å². The first-order chi connectivity index (χ1) is 14.1. The average molecular weight is 416 g/mol. The first kappa shape index (κ1) is 22.0. The van der Waals surface area contributed by atoms with Crippen LogP contribution in [0.15, 0.2) is 18.3 Å². The molecule has 3 rings (SSSR count). The minimum Gasteiger partial charge on any atom is -0.462 e. The third-order valence-electron chi connectivity index (χ3n) is 5.33. The van der Waals surface area contributed by atoms with Gasteiger partial charge in [-0.3, -0.25) is 9.78 Å². The summed E-state index contributed by atoms with van der Waals surface area (Å²) in [6.07, 6.45) is 2.27. The fourth-order valence-electron chi connectivity index (χ4n) is 3.94. The second-order valence-corrected chi connectivity index (χ2v) is 8.74. The number of pyridine rings is 1. The largest absolute Gasteiger partial charge is 0.462 e. The van der Waals surface area contributed by atoms with Gasteiger partial charge in [0.05, 0.1) is 17.8 Å². The van der Waals surface area contributed by atoms with Crippen molar-refractivity contribution >= 4 is 28.5 Å². The summed E-state index contributed by atoms with van der Waals surface area (Å²) < 4.78 is 19.5. The molecule has 1 aliphatic heterocycles. The van der Waals surface area contributed by atoms with Gasteiger partial charge in [-0.05, 0) is 38.0 Å². The van der Waals surface area contributed by atoms with Crippen LogP contribution < -0.4 is 4.90 Å². The van der Waals surface area contributed by atoms with Crippen molar-refractivity contribution < 1.29 is 18.7 Å². The van der Waals surface area contributed by atoms with E-state index >= 15 is 0 Å². The second kappa shape index (κ2) is 8.58. The Balaban J connectivity index is 2.06. The van der Waals surface area contributed by atoms with E-state index in [9.17, 15) is 14.0 Å². The number of hydrogen-bond acceptors (Lipinski definition) is 5. The molecule has 1 aromatic carbocycles. The van der Waals surface area contributed by atoms with Crippen molar-refractivity contribution in [3.63, 3.8) is 0 Å². The predicted molar refractivity (Wildman–Crippen MR) is 115 cm³/mol. The lowest BCUT2D eigenvalue weighted by molar-refractivity contribution is -0.139. The Morgan fingerprint density at radius 3 is 2.57 bits per heavy atom. The number of nitrogens with zero attached hydrogens (tertiary/aromatic N) is 3. The summed E-state index contributed by atoms with van der Waals surface area (Å²) in [6, 6.07) is 2.87. The highest BCUT2D eigenvalue weighted by atomic mass is 19.1. The van der Waals surface area contributed by atoms with Gasteiger partial charge in [-0.2, -0.15) is 0 Å². The second-order valence-electron chi connectivity index (χ2n) is 8.74. The number of hydrogen-bond donors (Lipinski definition) is 0. The van der Waals surface area contributed by atoms with Crippen LogP contribution in [0, 0.1) is 18.2 Å². The van der Waals surface area contributed by atoms with Crippen molar-refractivity contribution in [2.75, 3.05) is 37.7 Å². The summed E-state index contributed by atoms with van der Waals surface area (Å²) in [5, 5.41) is 0.591. The van der Waals surface area contributed by atoms with Crippen LogP contribution in [0.5, 0.6) is 0 Å². The molecular weight excluding hydrogens is 385 g/mol. The highest BCUT2D eigenvalue weighted by Gasteiger charge is 2.30. The third-order valence-corrected chi connectivity index (χ3v) is 5.33. The molecule has 6 nitrogen and oxygen atoms in total. The van der Waals surface area contributed by atoms with Crippen molar-refractivity contribution in [2.24, 2.45) is 5.41 Å². The van der Waals surface area contributed by atoms with Crippen LogP contribution in [0.3, 0.4) is 0 Å². The number of carbonyl (C=O) groups excluding carboxylic acids is 2. The smallest absolute Gasteiger partial charge is 0.341 e. The van der Waals surface area contributed by atoms with Gasteiger partial charge in [-0.25, -0.2) is 9.18 Å². The van der Waals surface area contributed by atoms with Gasteiger partial charge in [0.25, 0.3) is 0 Å². The van der Waals surface area contributed by atoms with Gasteiger partial charge in [0, 0.05) is 43.2 Å². The lowest BCUT2D eigenvalue weighted by atomic mass is 9.94. The number of aryl methyl sites for hydroxylation is 1. The van der Waals surface area contributed by atoms with Crippen LogP contribution >= 0.6 is 0 Å². The van der Waals surface area contributed by atoms with Gasteiger partial charge >= 0.3 is 5.97 Å².